The number of halogens is 2. The van der Waals surface area contributed by atoms with Gasteiger partial charge in [-0.25, -0.2) is 9.18 Å². The molecule has 0 fully saturated rings. The van der Waals surface area contributed by atoms with Crippen molar-refractivity contribution in [2.24, 2.45) is 0 Å². The van der Waals surface area contributed by atoms with Gasteiger partial charge in [-0.1, -0.05) is 11.6 Å². The molecule has 2 nitrogen and oxygen atoms in total. The van der Waals surface area contributed by atoms with E-state index in [0.29, 0.717) is 15.1 Å². The third kappa shape index (κ3) is 1.36. The summed E-state index contributed by atoms with van der Waals surface area (Å²) < 4.78 is 13.9. The van der Waals surface area contributed by atoms with Crippen LogP contribution in [0.25, 0.3) is 10.1 Å². The van der Waals surface area contributed by atoms with Crippen LogP contribution in [0.15, 0.2) is 17.5 Å². The van der Waals surface area contributed by atoms with Crippen molar-refractivity contribution in [2.45, 2.75) is 0 Å². The number of rotatable bonds is 1. The number of carbonyl (C=O) groups is 1. The largest absolute Gasteiger partial charge is 0.478 e. The molecule has 0 saturated heterocycles. The van der Waals surface area contributed by atoms with Crippen LogP contribution in [0.2, 0.25) is 5.02 Å². The molecule has 0 saturated carbocycles. The Bertz CT molecular complexity index is 521. The fourth-order valence-corrected chi connectivity index (χ4v) is 2.37. The van der Waals surface area contributed by atoms with Gasteiger partial charge in [-0.2, -0.15) is 0 Å². The highest BCUT2D eigenvalue weighted by molar-refractivity contribution is 7.17. The van der Waals surface area contributed by atoms with Crippen LogP contribution < -0.4 is 0 Å². The normalized spacial score (nSPS) is 10.7. The van der Waals surface area contributed by atoms with Crippen molar-refractivity contribution in [1.82, 2.24) is 0 Å². The molecule has 14 heavy (non-hydrogen) atoms. The molecule has 0 aliphatic carbocycles. The van der Waals surface area contributed by atoms with Crippen molar-refractivity contribution in [2.75, 3.05) is 0 Å². The fraction of sp³-hybridized carbons (Fsp3) is 0. The molecule has 0 spiro atoms. The van der Waals surface area contributed by atoms with Crippen molar-refractivity contribution in [3.8, 4) is 0 Å². The van der Waals surface area contributed by atoms with E-state index in [2.05, 4.69) is 0 Å². The Morgan fingerprint density at radius 3 is 2.86 bits per heavy atom. The van der Waals surface area contributed by atoms with Gasteiger partial charge < -0.3 is 5.11 Å². The van der Waals surface area contributed by atoms with Crippen LogP contribution in [0.5, 0.6) is 0 Å². The van der Waals surface area contributed by atoms with Gasteiger partial charge in [0.25, 0.3) is 0 Å². The van der Waals surface area contributed by atoms with Gasteiger partial charge in [-0.3, -0.25) is 0 Å². The lowest BCUT2D eigenvalue weighted by Gasteiger charge is -1.97. The lowest BCUT2D eigenvalue weighted by molar-refractivity contribution is 0.0692. The average molecular weight is 231 g/mol. The van der Waals surface area contributed by atoms with Gasteiger partial charge in [0.05, 0.1) is 10.6 Å². The van der Waals surface area contributed by atoms with Gasteiger partial charge in [0.15, 0.2) is 0 Å². The van der Waals surface area contributed by atoms with Crippen molar-refractivity contribution in [3.05, 3.63) is 33.9 Å². The number of fused-ring (bicyclic) bond motifs is 1. The van der Waals surface area contributed by atoms with Crippen LogP contribution in [-0.4, -0.2) is 11.1 Å². The molecule has 5 heteroatoms. The molecule has 0 amide bonds. The predicted octanol–water partition coefficient (Wildman–Crippen LogP) is 3.39. The molecule has 1 heterocycles. The average Bonchev–Trinajstić information content (AvgIpc) is 2.46. The van der Waals surface area contributed by atoms with E-state index in [1.807, 2.05) is 0 Å². The molecule has 0 bridgehead atoms. The Balaban J connectivity index is 2.79. The molecule has 0 radical (unpaired) electrons. The molecule has 0 aliphatic rings. The number of thiophene rings is 1. The summed E-state index contributed by atoms with van der Waals surface area (Å²) in [5, 5.41) is 11.3. The second-order valence-electron chi connectivity index (χ2n) is 2.72. The summed E-state index contributed by atoms with van der Waals surface area (Å²) >= 11 is 7.07. The second kappa shape index (κ2) is 3.22. The number of hydrogen-bond acceptors (Lipinski definition) is 2. The fourth-order valence-electron chi connectivity index (χ4n) is 1.18. The zero-order valence-corrected chi connectivity index (χ0v) is 8.32. The molecular weight excluding hydrogens is 227 g/mol. The van der Waals surface area contributed by atoms with Gasteiger partial charge in [-0.15, -0.1) is 11.3 Å². The maximum absolute atomic E-state index is 13.2. The Morgan fingerprint density at radius 1 is 1.50 bits per heavy atom. The topological polar surface area (TPSA) is 37.3 Å². The van der Waals surface area contributed by atoms with Gasteiger partial charge in [-0.05, 0) is 12.1 Å². The van der Waals surface area contributed by atoms with E-state index < -0.39 is 11.8 Å². The first-order valence-electron chi connectivity index (χ1n) is 3.69. The van der Waals surface area contributed by atoms with Crippen LogP contribution in [0.4, 0.5) is 4.39 Å². The number of carboxylic acids is 1. The van der Waals surface area contributed by atoms with E-state index in [4.69, 9.17) is 16.7 Å². The minimum absolute atomic E-state index is 0.323. The van der Waals surface area contributed by atoms with Crippen molar-refractivity contribution in [3.63, 3.8) is 0 Å². The lowest BCUT2D eigenvalue weighted by atomic mass is 10.1. The first-order chi connectivity index (χ1) is 6.59. The van der Waals surface area contributed by atoms with E-state index in [-0.39, 0.29) is 5.56 Å². The van der Waals surface area contributed by atoms with Gasteiger partial charge >= 0.3 is 5.97 Å². The van der Waals surface area contributed by atoms with Gasteiger partial charge in [0, 0.05) is 15.5 Å². The smallest absolute Gasteiger partial charge is 0.338 e. The van der Waals surface area contributed by atoms with Crippen LogP contribution in [-0.2, 0) is 0 Å². The van der Waals surface area contributed by atoms with Gasteiger partial charge in [0.2, 0.25) is 0 Å². The summed E-state index contributed by atoms with van der Waals surface area (Å²) in [5.41, 5.74) is -0.323. The predicted molar refractivity (Wildman–Crippen MR) is 53.8 cm³/mol. The summed E-state index contributed by atoms with van der Waals surface area (Å²) in [4.78, 5) is 10.6. The number of carboxylic acid groups (broad SMARTS) is 1. The van der Waals surface area contributed by atoms with Crippen molar-refractivity contribution >= 4 is 39.0 Å². The summed E-state index contributed by atoms with van der Waals surface area (Å²) in [5.74, 6) is -2.03. The molecule has 1 aromatic heterocycles. The Labute approximate surface area is 87.5 Å². The molecule has 0 aliphatic heterocycles. The number of aromatic carboxylic acids is 1. The Hall–Kier alpha value is -1.13. The third-order valence-corrected chi connectivity index (χ3v) is 3.23. The highest BCUT2D eigenvalue weighted by atomic mass is 35.5. The quantitative estimate of drug-likeness (QED) is 0.815. The van der Waals surface area contributed by atoms with Crippen molar-refractivity contribution in [1.29, 1.82) is 0 Å². The summed E-state index contributed by atoms with van der Waals surface area (Å²) in [7, 11) is 0. The van der Waals surface area contributed by atoms with E-state index in [1.165, 1.54) is 17.4 Å². The number of benzene rings is 1. The van der Waals surface area contributed by atoms with E-state index in [9.17, 15) is 9.18 Å². The lowest BCUT2D eigenvalue weighted by Crippen LogP contribution is -1.99. The molecular formula is C9H4ClFO2S. The van der Waals surface area contributed by atoms with Crippen LogP contribution in [0, 0.1) is 5.82 Å². The van der Waals surface area contributed by atoms with Crippen LogP contribution in [0.1, 0.15) is 10.4 Å². The zero-order valence-electron chi connectivity index (χ0n) is 6.75. The molecule has 2 rings (SSSR count). The third-order valence-electron chi connectivity index (χ3n) is 1.85. The number of hydrogen-bond donors (Lipinski definition) is 1. The highest BCUT2D eigenvalue weighted by Crippen LogP contribution is 2.31. The maximum Gasteiger partial charge on any atom is 0.338 e. The van der Waals surface area contributed by atoms with Crippen LogP contribution >= 0.6 is 22.9 Å². The Morgan fingerprint density at radius 2 is 2.21 bits per heavy atom. The van der Waals surface area contributed by atoms with E-state index in [0.717, 1.165) is 6.07 Å². The highest BCUT2D eigenvalue weighted by Gasteiger charge is 2.13. The monoisotopic (exact) mass is 230 g/mol. The second-order valence-corrected chi connectivity index (χ2v) is 4.04. The SMILES string of the molecule is O=C(O)c1cc2scc(Cl)c2cc1F. The van der Waals surface area contributed by atoms with E-state index >= 15 is 0 Å². The summed E-state index contributed by atoms with van der Waals surface area (Å²) in [6, 6.07) is 2.45. The van der Waals surface area contributed by atoms with Gasteiger partial charge in [0.1, 0.15) is 5.82 Å². The molecule has 1 aromatic carbocycles. The molecule has 2 aromatic rings. The maximum atomic E-state index is 13.2. The first-order valence-corrected chi connectivity index (χ1v) is 4.95. The molecule has 0 atom stereocenters. The minimum atomic E-state index is -1.27. The van der Waals surface area contributed by atoms with Crippen molar-refractivity contribution < 1.29 is 14.3 Å². The Kier molecular flexibility index (Phi) is 2.17. The van der Waals surface area contributed by atoms with E-state index in [1.54, 1.807) is 5.38 Å². The summed E-state index contributed by atoms with van der Waals surface area (Å²) in [6.07, 6.45) is 0. The van der Waals surface area contributed by atoms with Crippen LogP contribution in [0.3, 0.4) is 0 Å². The first kappa shape index (κ1) is 9.43. The molecule has 0 unspecified atom stereocenters. The molecule has 1 N–H and O–H groups in total. The molecule has 72 valence electrons. The zero-order chi connectivity index (χ0) is 10.3. The minimum Gasteiger partial charge on any atom is -0.478 e. The summed E-state index contributed by atoms with van der Waals surface area (Å²) in [6.45, 7) is 0. The standard InChI is InChI=1S/C9H4ClFO2S/c10-6-3-14-8-2-5(9(12)13)7(11)1-4(6)8/h1-3H,(H,12,13).